The van der Waals surface area contributed by atoms with E-state index in [-0.39, 0.29) is 12.0 Å². The number of aromatic nitrogens is 1. The summed E-state index contributed by atoms with van der Waals surface area (Å²) in [5.74, 6) is 0.232. The summed E-state index contributed by atoms with van der Waals surface area (Å²) in [6.07, 6.45) is 3.53. The molecule has 0 aliphatic carbocycles. The number of amides is 1. The molecule has 1 amide bonds. The first-order valence-electron chi connectivity index (χ1n) is 10.2. The molecule has 4 rings (SSSR count). The van der Waals surface area contributed by atoms with Crippen molar-refractivity contribution in [1.29, 1.82) is 5.26 Å². The number of carbonyl (C=O) groups excluding carboxylic acids is 1. The van der Waals surface area contributed by atoms with Crippen molar-refractivity contribution in [3.05, 3.63) is 126 Å². The highest BCUT2D eigenvalue weighted by atomic mass is 16.5. The van der Waals surface area contributed by atoms with Gasteiger partial charge in [0.05, 0.1) is 29.1 Å². The Morgan fingerprint density at radius 1 is 0.938 bits per heavy atom. The van der Waals surface area contributed by atoms with E-state index in [1.54, 1.807) is 48.8 Å². The lowest BCUT2D eigenvalue weighted by Crippen LogP contribution is -2.16. The molecule has 0 fully saturated rings. The Morgan fingerprint density at radius 3 is 2.41 bits per heavy atom. The van der Waals surface area contributed by atoms with Crippen LogP contribution in [-0.4, -0.2) is 10.9 Å². The number of nitrogens with one attached hydrogen (secondary N) is 1. The largest absolute Gasteiger partial charge is 0.485 e. The van der Waals surface area contributed by atoms with Gasteiger partial charge in [-0.25, -0.2) is 0 Å². The molecule has 0 saturated heterocycles. The third-order valence-corrected chi connectivity index (χ3v) is 5.00. The van der Waals surface area contributed by atoms with Crippen molar-refractivity contribution >= 4 is 11.6 Å². The van der Waals surface area contributed by atoms with Crippen LogP contribution in [0.3, 0.4) is 0 Å². The highest BCUT2D eigenvalue weighted by Gasteiger charge is 2.19. The number of para-hydroxylation sites is 1. The van der Waals surface area contributed by atoms with Crippen LogP contribution in [0.4, 0.5) is 5.69 Å². The minimum atomic E-state index is -0.309. The van der Waals surface area contributed by atoms with E-state index in [1.165, 1.54) is 0 Å². The zero-order valence-corrected chi connectivity index (χ0v) is 17.3. The average molecular weight is 419 g/mol. The fourth-order valence-electron chi connectivity index (χ4n) is 3.37. The molecular formula is C27H21N3O2. The number of benzene rings is 3. The van der Waals surface area contributed by atoms with Gasteiger partial charge in [0.1, 0.15) is 11.9 Å². The van der Waals surface area contributed by atoms with Crippen molar-refractivity contribution < 1.29 is 9.53 Å². The Labute approximate surface area is 186 Å². The van der Waals surface area contributed by atoms with Crippen molar-refractivity contribution in [2.24, 2.45) is 0 Å². The number of ether oxygens (including phenoxy) is 1. The number of anilines is 1. The van der Waals surface area contributed by atoms with Gasteiger partial charge < -0.3 is 10.1 Å². The number of nitriles is 1. The summed E-state index contributed by atoms with van der Waals surface area (Å²) >= 11 is 0. The number of nitrogens with zero attached hydrogens (tertiary/aromatic N) is 2. The molecular weight excluding hydrogens is 398 g/mol. The van der Waals surface area contributed by atoms with Gasteiger partial charge in [0.15, 0.2) is 0 Å². The second-order valence-electron chi connectivity index (χ2n) is 7.22. The first kappa shape index (κ1) is 20.8. The minimum Gasteiger partial charge on any atom is -0.485 e. The number of carbonyl (C=O) groups is 1. The SMILES string of the molecule is N#Cc1ccc(CC(Oc2ccccc2C(=O)Nc2cccnc2)c2ccccc2)cc1. The van der Waals surface area contributed by atoms with E-state index in [9.17, 15) is 4.79 Å². The minimum absolute atomic E-state index is 0.265. The molecule has 0 saturated carbocycles. The molecule has 0 aliphatic heterocycles. The fraction of sp³-hybridized carbons (Fsp3) is 0.0741. The zero-order chi connectivity index (χ0) is 22.2. The van der Waals surface area contributed by atoms with Crippen LogP contribution in [0.25, 0.3) is 0 Å². The predicted octanol–water partition coefficient (Wildman–Crippen LogP) is 5.57. The molecule has 156 valence electrons. The van der Waals surface area contributed by atoms with Crippen molar-refractivity contribution in [3.8, 4) is 11.8 Å². The molecule has 1 unspecified atom stereocenters. The zero-order valence-electron chi connectivity index (χ0n) is 17.3. The molecule has 5 heteroatoms. The van der Waals surface area contributed by atoms with Gasteiger partial charge in [-0.15, -0.1) is 0 Å². The Bertz CT molecular complexity index is 1220. The lowest BCUT2D eigenvalue weighted by atomic mass is 10.00. The summed E-state index contributed by atoms with van der Waals surface area (Å²) < 4.78 is 6.41. The summed E-state index contributed by atoms with van der Waals surface area (Å²) in [7, 11) is 0. The van der Waals surface area contributed by atoms with Crippen LogP contribution in [-0.2, 0) is 6.42 Å². The molecule has 32 heavy (non-hydrogen) atoms. The third-order valence-electron chi connectivity index (χ3n) is 5.00. The highest BCUT2D eigenvalue weighted by molar-refractivity contribution is 6.06. The normalized spacial score (nSPS) is 11.2. The fourth-order valence-corrected chi connectivity index (χ4v) is 3.37. The van der Waals surface area contributed by atoms with E-state index < -0.39 is 0 Å². The molecule has 0 radical (unpaired) electrons. The number of hydrogen-bond donors (Lipinski definition) is 1. The van der Waals surface area contributed by atoms with E-state index in [4.69, 9.17) is 10.00 Å². The van der Waals surface area contributed by atoms with Gasteiger partial charge in [0, 0.05) is 12.6 Å². The maximum atomic E-state index is 12.9. The van der Waals surface area contributed by atoms with Crippen LogP contribution >= 0.6 is 0 Å². The Hall–Kier alpha value is -4.43. The van der Waals surface area contributed by atoms with E-state index >= 15 is 0 Å². The van der Waals surface area contributed by atoms with Crippen LogP contribution in [0, 0.1) is 11.3 Å². The summed E-state index contributed by atoms with van der Waals surface area (Å²) in [6.45, 7) is 0. The topological polar surface area (TPSA) is 75.0 Å². The first-order chi connectivity index (χ1) is 15.7. The van der Waals surface area contributed by atoms with Crippen LogP contribution in [0.5, 0.6) is 5.75 Å². The molecule has 0 bridgehead atoms. The molecule has 3 aromatic carbocycles. The van der Waals surface area contributed by atoms with Gasteiger partial charge in [0.25, 0.3) is 5.91 Å². The summed E-state index contributed by atoms with van der Waals surface area (Å²) in [4.78, 5) is 17.0. The second-order valence-corrected chi connectivity index (χ2v) is 7.22. The van der Waals surface area contributed by atoms with Crippen LogP contribution in [0.1, 0.15) is 33.2 Å². The van der Waals surface area contributed by atoms with E-state index in [0.717, 1.165) is 11.1 Å². The predicted molar refractivity (Wildman–Crippen MR) is 123 cm³/mol. The van der Waals surface area contributed by atoms with Gasteiger partial charge in [-0.1, -0.05) is 54.6 Å². The van der Waals surface area contributed by atoms with E-state index in [2.05, 4.69) is 16.4 Å². The molecule has 0 aliphatic rings. The van der Waals surface area contributed by atoms with Gasteiger partial charge in [0.2, 0.25) is 0 Å². The number of rotatable bonds is 7. The van der Waals surface area contributed by atoms with Gasteiger partial charge >= 0.3 is 0 Å². The molecule has 4 aromatic rings. The maximum absolute atomic E-state index is 12.9. The quantitative estimate of drug-likeness (QED) is 0.425. The van der Waals surface area contributed by atoms with Gasteiger partial charge in [-0.05, 0) is 47.5 Å². The van der Waals surface area contributed by atoms with Crippen molar-refractivity contribution in [2.75, 3.05) is 5.32 Å². The lowest BCUT2D eigenvalue weighted by molar-refractivity contribution is 0.101. The van der Waals surface area contributed by atoms with E-state index in [0.29, 0.717) is 29.0 Å². The second kappa shape index (κ2) is 10.1. The highest BCUT2D eigenvalue weighted by Crippen LogP contribution is 2.29. The summed E-state index contributed by atoms with van der Waals surface area (Å²) in [6, 6.07) is 30.2. The molecule has 1 aromatic heterocycles. The summed E-state index contributed by atoms with van der Waals surface area (Å²) in [5.41, 5.74) is 3.71. The smallest absolute Gasteiger partial charge is 0.259 e. The van der Waals surface area contributed by atoms with Crippen molar-refractivity contribution in [1.82, 2.24) is 4.98 Å². The molecule has 0 spiro atoms. The van der Waals surface area contributed by atoms with Crippen LogP contribution < -0.4 is 10.1 Å². The maximum Gasteiger partial charge on any atom is 0.259 e. The molecule has 1 heterocycles. The molecule has 5 nitrogen and oxygen atoms in total. The van der Waals surface area contributed by atoms with Crippen molar-refractivity contribution in [2.45, 2.75) is 12.5 Å². The van der Waals surface area contributed by atoms with Crippen LogP contribution in [0.2, 0.25) is 0 Å². The third kappa shape index (κ3) is 5.18. The summed E-state index contributed by atoms with van der Waals surface area (Å²) in [5, 5.41) is 11.9. The van der Waals surface area contributed by atoms with E-state index in [1.807, 2.05) is 54.6 Å². The average Bonchev–Trinajstić information content (AvgIpc) is 2.85. The van der Waals surface area contributed by atoms with Crippen molar-refractivity contribution in [3.63, 3.8) is 0 Å². The number of hydrogen-bond acceptors (Lipinski definition) is 4. The Morgan fingerprint density at radius 2 is 1.69 bits per heavy atom. The Kier molecular flexibility index (Phi) is 6.54. The monoisotopic (exact) mass is 419 g/mol. The molecule has 1 N–H and O–H groups in total. The standard InChI is InChI=1S/C27H21N3O2/c28-18-21-14-12-20(13-15-21)17-26(22-7-2-1-3-8-22)32-25-11-5-4-10-24(25)27(31)30-23-9-6-16-29-19-23/h1-16,19,26H,17H2,(H,30,31). The van der Waals surface area contributed by atoms with Crippen LogP contribution in [0.15, 0.2) is 103 Å². The Balaban J connectivity index is 1.61. The first-order valence-corrected chi connectivity index (χ1v) is 10.2. The van der Waals surface area contributed by atoms with Gasteiger partial charge in [-0.2, -0.15) is 5.26 Å². The molecule has 1 atom stereocenters. The van der Waals surface area contributed by atoms with Gasteiger partial charge in [-0.3, -0.25) is 9.78 Å². The lowest BCUT2D eigenvalue weighted by Gasteiger charge is -2.21. The number of pyridine rings is 1.